The molecule has 1 saturated heterocycles. The molecule has 1 aromatic carbocycles. The van der Waals surface area contributed by atoms with Crippen molar-refractivity contribution in [3.63, 3.8) is 0 Å². The number of amides is 1. The van der Waals surface area contributed by atoms with Crippen molar-refractivity contribution >= 4 is 5.91 Å². The molecule has 2 fully saturated rings. The lowest BCUT2D eigenvalue weighted by molar-refractivity contribution is 0.0922. The number of hydrogen-bond acceptors (Lipinski definition) is 5. The molecule has 0 unspecified atom stereocenters. The van der Waals surface area contributed by atoms with E-state index < -0.39 is 0 Å². The highest BCUT2D eigenvalue weighted by molar-refractivity contribution is 5.92. The van der Waals surface area contributed by atoms with Crippen molar-refractivity contribution in [2.75, 3.05) is 20.2 Å². The zero-order valence-corrected chi connectivity index (χ0v) is 15.3. The van der Waals surface area contributed by atoms with Gasteiger partial charge in [-0.2, -0.15) is 0 Å². The largest absolute Gasteiger partial charge is 0.497 e. The van der Waals surface area contributed by atoms with Crippen LogP contribution in [0.25, 0.3) is 0 Å². The van der Waals surface area contributed by atoms with Gasteiger partial charge in [0.25, 0.3) is 5.91 Å². The van der Waals surface area contributed by atoms with Gasteiger partial charge >= 0.3 is 0 Å². The van der Waals surface area contributed by atoms with E-state index in [-0.39, 0.29) is 11.9 Å². The third-order valence-electron chi connectivity index (χ3n) is 5.31. The monoisotopic (exact) mass is 355 g/mol. The second kappa shape index (κ2) is 7.11. The highest BCUT2D eigenvalue weighted by atomic mass is 16.5. The lowest BCUT2D eigenvalue weighted by Crippen LogP contribution is -2.39. The second-order valence-electron chi connectivity index (χ2n) is 7.49. The van der Waals surface area contributed by atoms with Gasteiger partial charge in [0.2, 0.25) is 0 Å². The van der Waals surface area contributed by atoms with Crippen molar-refractivity contribution in [2.45, 2.75) is 38.3 Å². The summed E-state index contributed by atoms with van der Waals surface area (Å²) < 4.78 is 10.5. The summed E-state index contributed by atoms with van der Waals surface area (Å²) in [5, 5.41) is 7.06. The van der Waals surface area contributed by atoms with Crippen LogP contribution in [-0.4, -0.2) is 42.2 Å². The van der Waals surface area contributed by atoms with Crippen LogP contribution in [-0.2, 0) is 6.54 Å². The van der Waals surface area contributed by atoms with Crippen molar-refractivity contribution in [3.05, 3.63) is 47.3 Å². The molecule has 1 aromatic heterocycles. The van der Waals surface area contributed by atoms with E-state index >= 15 is 0 Å². The maximum Gasteiger partial charge on any atom is 0.273 e. The highest BCUT2D eigenvalue weighted by Gasteiger charge is 2.33. The van der Waals surface area contributed by atoms with Crippen molar-refractivity contribution in [3.8, 4) is 5.75 Å². The summed E-state index contributed by atoms with van der Waals surface area (Å²) in [4.78, 5) is 14.8. The lowest BCUT2D eigenvalue weighted by Gasteiger charge is -2.17. The summed E-state index contributed by atoms with van der Waals surface area (Å²) in [5.74, 6) is 2.44. The van der Waals surface area contributed by atoms with Crippen LogP contribution < -0.4 is 10.1 Å². The first-order chi connectivity index (χ1) is 12.6. The van der Waals surface area contributed by atoms with Gasteiger partial charge < -0.3 is 14.6 Å². The Hall–Kier alpha value is -2.34. The van der Waals surface area contributed by atoms with Crippen molar-refractivity contribution in [1.29, 1.82) is 0 Å². The minimum absolute atomic E-state index is 0.127. The first kappa shape index (κ1) is 17.1. The molecule has 1 amide bonds. The zero-order valence-electron chi connectivity index (χ0n) is 15.3. The maximum atomic E-state index is 12.5. The number of carbonyl (C=O) groups excluding carboxylic acids is 1. The van der Waals surface area contributed by atoms with Crippen LogP contribution in [0.15, 0.2) is 34.9 Å². The Morgan fingerprint density at radius 1 is 1.31 bits per heavy atom. The van der Waals surface area contributed by atoms with Crippen LogP contribution in [0.2, 0.25) is 0 Å². The Labute approximate surface area is 153 Å². The second-order valence-corrected chi connectivity index (χ2v) is 7.49. The normalized spacial score (nSPS) is 23.2. The smallest absolute Gasteiger partial charge is 0.273 e. The molecule has 2 heterocycles. The van der Waals surface area contributed by atoms with Gasteiger partial charge in [0.1, 0.15) is 11.5 Å². The number of methoxy groups -OCH3 is 1. The number of carbonyl (C=O) groups is 1. The fraction of sp³-hybridized carbons (Fsp3) is 0.500. The van der Waals surface area contributed by atoms with Crippen molar-refractivity contribution in [1.82, 2.24) is 15.4 Å². The minimum Gasteiger partial charge on any atom is -0.497 e. The fourth-order valence-corrected chi connectivity index (χ4v) is 3.57. The summed E-state index contributed by atoms with van der Waals surface area (Å²) in [5.41, 5.74) is 1.64. The SMILES string of the molecule is COc1ccc(CN2C[C@H](NC(=O)c3cc(C4CC4)on3)[C@@H](C)C2)cc1. The number of aromatic nitrogens is 1. The molecule has 2 aromatic rings. The molecule has 4 rings (SSSR count). The van der Waals surface area contributed by atoms with Gasteiger partial charge in [0.05, 0.1) is 7.11 Å². The van der Waals surface area contributed by atoms with E-state index in [1.54, 1.807) is 13.2 Å². The standard InChI is InChI=1S/C20H25N3O3/c1-13-10-23(11-14-3-7-16(25-2)8-4-14)12-18(13)21-20(24)17-9-19(26-22-17)15-5-6-15/h3-4,7-9,13,15,18H,5-6,10-12H2,1-2H3,(H,21,24)/t13-,18-/m0/s1. The first-order valence-electron chi connectivity index (χ1n) is 9.25. The molecule has 1 N–H and O–H groups in total. The van der Waals surface area contributed by atoms with E-state index in [9.17, 15) is 4.79 Å². The average Bonchev–Trinajstić information content (AvgIpc) is 3.27. The first-order valence-corrected chi connectivity index (χ1v) is 9.25. The molecule has 0 bridgehead atoms. The number of likely N-dealkylation sites (tertiary alicyclic amines) is 1. The number of rotatable bonds is 6. The van der Waals surface area contributed by atoms with Crippen molar-refractivity contribution in [2.24, 2.45) is 5.92 Å². The minimum atomic E-state index is -0.135. The summed E-state index contributed by atoms with van der Waals surface area (Å²) in [6.45, 7) is 4.85. The van der Waals surface area contributed by atoms with E-state index in [4.69, 9.17) is 9.26 Å². The third-order valence-corrected chi connectivity index (χ3v) is 5.31. The molecule has 6 nitrogen and oxygen atoms in total. The molecule has 1 aliphatic heterocycles. The predicted octanol–water partition coefficient (Wildman–Crippen LogP) is 2.81. The van der Waals surface area contributed by atoms with Crippen molar-refractivity contribution < 1.29 is 14.1 Å². The summed E-state index contributed by atoms with van der Waals surface area (Å²) in [7, 11) is 1.67. The summed E-state index contributed by atoms with van der Waals surface area (Å²) in [6.07, 6.45) is 2.27. The number of benzene rings is 1. The average molecular weight is 355 g/mol. The third kappa shape index (κ3) is 3.75. The van der Waals surface area contributed by atoms with Gasteiger partial charge in [0.15, 0.2) is 5.69 Å². The Morgan fingerprint density at radius 2 is 2.08 bits per heavy atom. The molecule has 1 saturated carbocycles. The highest BCUT2D eigenvalue weighted by Crippen LogP contribution is 2.40. The molecule has 1 aliphatic carbocycles. The van der Waals surface area contributed by atoms with E-state index in [1.165, 1.54) is 5.56 Å². The van der Waals surface area contributed by atoms with Gasteiger partial charge in [0, 0.05) is 37.7 Å². The number of nitrogens with one attached hydrogen (secondary N) is 1. The molecular weight excluding hydrogens is 330 g/mol. The quantitative estimate of drug-likeness (QED) is 0.863. The van der Waals surface area contributed by atoms with E-state index in [2.05, 4.69) is 34.4 Å². The summed E-state index contributed by atoms with van der Waals surface area (Å²) in [6, 6.07) is 10.1. The van der Waals surface area contributed by atoms with Gasteiger partial charge in [-0.1, -0.05) is 24.2 Å². The molecule has 2 atom stereocenters. The van der Waals surface area contributed by atoms with Gasteiger partial charge in [-0.3, -0.25) is 9.69 Å². The molecule has 2 aliphatic rings. The number of ether oxygens (including phenoxy) is 1. The zero-order chi connectivity index (χ0) is 18.1. The molecule has 26 heavy (non-hydrogen) atoms. The van der Waals surface area contributed by atoms with E-state index in [0.717, 1.165) is 44.0 Å². The molecule has 6 heteroatoms. The van der Waals surface area contributed by atoms with Crippen LogP contribution in [0.5, 0.6) is 5.75 Å². The van der Waals surface area contributed by atoms with Gasteiger partial charge in [-0.15, -0.1) is 0 Å². The molecule has 0 radical (unpaired) electrons. The molecule has 0 spiro atoms. The van der Waals surface area contributed by atoms with Crippen LogP contribution in [0.3, 0.4) is 0 Å². The Morgan fingerprint density at radius 3 is 2.77 bits per heavy atom. The number of nitrogens with zero attached hydrogens (tertiary/aromatic N) is 2. The van der Waals surface area contributed by atoms with Gasteiger partial charge in [-0.05, 0) is 36.5 Å². The Bertz CT molecular complexity index is 767. The number of hydrogen-bond donors (Lipinski definition) is 1. The van der Waals surface area contributed by atoms with Crippen LogP contribution >= 0.6 is 0 Å². The Balaban J connectivity index is 1.33. The molecule has 138 valence electrons. The van der Waals surface area contributed by atoms with Crippen LogP contribution in [0.1, 0.15) is 47.5 Å². The predicted molar refractivity (Wildman–Crippen MR) is 97.2 cm³/mol. The van der Waals surface area contributed by atoms with Gasteiger partial charge in [-0.25, -0.2) is 0 Å². The fourth-order valence-electron chi connectivity index (χ4n) is 3.57. The van der Waals surface area contributed by atoms with Crippen LogP contribution in [0, 0.1) is 5.92 Å². The maximum absolute atomic E-state index is 12.5. The summed E-state index contributed by atoms with van der Waals surface area (Å²) >= 11 is 0. The lowest BCUT2D eigenvalue weighted by atomic mass is 10.1. The molecular formula is C20H25N3O3. The van der Waals surface area contributed by atoms with E-state index in [0.29, 0.717) is 17.5 Å². The Kier molecular flexibility index (Phi) is 4.68. The topological polar surface area (TPSA) is 67.6 Å². The van der Waals surface area contributed by atoms with Crippen LogP contribution in [0.4, 0.5) is 0 Å². The van der Waals surface area contributed by atoms with E-state index in [1.807, 2.05) is 12.1 Å².